The van der Waals surface area contributed by atoms with Crippen molar-refractivity contribution in [3.05, 3.63) is 0 Å². The Bertz CT molecular complexity index is 206. The molecule has 0 radical (unpaired) electrons. The molecule has 0 aromatic rings. The molecule has 1 amide bonds. The van der Waals surface area contributed by atoms with Gasteiger partial charge in [0.1, 0.15) is 0 Å². The molecule has 3 nitrogen and oxygen atoms in total. The number of rotatable bonds is 2. The minimum atomic E-state index is 0.112. The lowest BCUT2D eigenvalue weighted by molar-refractivity contribution is -0.129. The maximum absolute atomic E-state index is 11.9. The van der Waals surface area contributed by atoms with Crippen LogP contribution in [0.2, 0.25) is 0 Å². The summed E-state index contributed by atoms with van der Waals surface area (Å²) in [7, 11) is 0. The zero-order valence-electron chi connectivity index (χ0n) is 9.34. The van der Waals surface area contributed by atoms with Crippen LogP contribution in [-0.2, 0) is 9.53 Å². The Morgan fingerprint density at radius 2 is 1.87 bits per heavy atom. The van der Waals surface area contributed by atoms with E-state index in [4.69, 9.17) is 4.74 Å². The summed E-state index contributed by atoms with van der Waals surface area (Å²) in [6.45, 7) is 1.45. The Balaban J connectivity index is 1.74. The average Bonchev–Trinajstić information content (AvgIpc) is 2.31. The predicted octanol–water partition coefficient (Wildman–Crippen LogP) is 1.86. The van der Waals surface area contributed by atoms with Crippen LogP contribution < -0.4 is 5.32 Å². The highest BCUT2D eigenvalue weighted by Gasteiger charge is 2.24. The van der Waals surface area contributed by atoms with Crippen LogP contribution in [0.25, 0.3) is 0 Å². The Morgan fingerprint density at radius 3 is 2.53 bits per heavy atom. The second-order valence-corrected chi connectivity index (χ2v) is 4.76. The molecule has 1 aliphatic carbocycles. The molecule has 1 aliphatic heterocycles. The summed E-state index contributed by atoms with van der Waals surface area (Å²) in [5.41, 5.74) is 0. The molecule has 1 saturated carbocycles. The van der Waals surface area contributed by atoms with E-state index in [0.29, 0.717) is 12.6 Å². The zero-order valence-corrected chi connectivity index (χ0v) is 9.34. The van der Waals surface area contributed by atoms with Crippen LogP contribution in [0.1, 0.15) is 44.9 Å². The maximum Gasteiger partial charge on any atom is 0.225 e. The number of carbonyl (C=O) groups excluding carboxylic acids is 1. The summed E-state index contributed by atoms with van der Waals surface area (Å²) in [5, 5.41) is 3.17. The van der Waals surface area contributed by atoms with Gasteiger partial charge in [0.15, 0.2) is 0 Å². The van der Waals surface area contributed by atoms with Crippen molar-refractivity contribution in [2.75, 3.05) is 13.2 Å². The van der Waals surface area contributed by atoms with Gasteiger partial charge in [0.2, 0.25) is 5.91 Å². The number of amides is 1. The molecular formula is C12H21NO2. The van der Waals surface area contributed by atoms with Crippen molar-refractivity contribution in [2.45, 2.75) is 51.0 Å². The molecule has 1 saturated heterocycles. The summed E-state index contributed by atoms with van der Waals surface area (Å²) < 4.78 is 5.33. The highest BCUT2D eigenvalue weighted by atomic mass is 16.5. The summed E-state index contributed by atoms with van der Waals surface area (Å²) in [6.07, 6.45) is 8.23. The van der Waals surface area contributed by atoms with Gasteiger partial charge in [0, 0.05) is 12.6 Å². The molecule has 86 valence electrons. The van der Waals surface area contributed by atoms with Gasteiger partial charge in [-0.25, -0.2) is 0 Å². The van der Waals surface area contributed by atoms with E-state index >= 15 is 0 Å². The van der Waals surface area contributed by atoms with Crippen molar-refractivity contribution in [1.29, 1.82) is 0 Å². The van der Waals surface area contributed by atoms with Crippen molar-refractivity contribution >= 4 is 5.91 Å². The molecule has 0 unspecified atom stereocenters. The van der Waals surface area contributed by atoms with Crippen molar-refractivity contribution in [2.24, 2.45) is 5.92 Å². The second-order valence-electron chi connectivity index (χ2n) is 4.76. The van der Waals surface area contributed by atoms with Gasteiger partial charge in [-0.2, -0.15) is 0 Å². The first-order valence-corrected chi connectivity index (χ1v) is 6.24. The first kappa shape index (κ1) is 10.9. The predicted molar refractivity (Wildman–Crippen MR) is 58.6 cm³/mol. The third-order valence-electron chi connectivity index (χ3n) is 3.48. The van der Waals surface area contributed by atoms with E-state index in [1.165, 1.54) is 32.1 Å². The summed E-state index contributed by atoms with van der Waals surface area (Å²) in [5.74, 6) is 0.335. The van der Waals surface area contributed by atoms with E-state index in [1.807, 2.05) is 0 Å². The van der Waals surface area contributed by atoms with Crippen LogP contribution in [0.4, 0.5) is 0 Å². The normalized spacial score (nSPS) is 28.7. The average molecular weight is 211 g/mol. The van der Waals surface area contributed by atoms with E-state index in [-0.39, 0.29) is 11.8 Å². The van der Waals surface area contributed by atoms with Crippen LogP contribution >= 0.6 is 0 Å². The molecule has 2 aliphatic rings. The lowest BCUT2D eigenvalue weighted by Gasteiger charge is -2.27. The van der Waals surface area contributed by atoms with Crippen LogP contribution in [0.3, 0.4) is 0 Å². The number of carbonyl (C=O) groups is 1. The van der Waals surface area contributed by atoms with E-state index in [9.17, 15) is 4.79 Å². The van der Waals surface area contributed by atoms with Gasteiger partial charge in [0.05, 0.1) is 12.5 Å². The minimum Gasteiger partial charge on any atom is -0.381 e. The number of hydrogen-bond acceptors (Lipinski definition) is 2. The summed E-state index contributed by atoms with van der Waals surface area (Å²) in [4.78, 5) is 11.9. The number of hydrogen-bond donors (Lipinski definition) is 1. The zero-order chi connectivity index (χ0) is 10.5. The highest BCUT2D eigenvalue weighted by molar-refractivity contribution is 5.79. The molecule has 2 rings (SSSR count). The first-order valence-electron chi connectivity index (χ1n) is 6.24. The van der Waals surface area contributed by atoms with Crippen molar-refractivity contribution in [3.63, 3.8) is 0 Å². The molecule has 2 fully saturated rings. The Hall–Kier alpha value is -0.570. The lowest BCUT2D eigenvalue weighted by Crippen LogP contribution is -2.42. The van der Waals surface area contributed by atoms with Crippen molar-refractivity contribution in [1.82, 2.24) is 5.32 Å². The third kappa shape index (κ3) is 3.20. The topological polar surface area (TPSA) is 38.3 Å². The van der Waals surface area contributed by atoms with Gasteiger partial charge in [-0.05, 0) is 25.7 Å². The summed E-state index contributed by atoms with van der Waals surface area (Å²) >= 11 is 0. The molecule has 0 aromatic carbocycles. The first-order chi connectivity index (χ1) is 7.36. The molecule has 0 spiro atoms. The van der Waals surface area contributed by atoms with Gasteiger partial charge < -0.3 is 10.1 Å². The van der Waals surface area contributed by atoms with E-state index in [1.54, 1.807) is 0 Å². The summed E-state index contributed by atoms with van der Waals surface area (Å²) in [6, 6.07) is 0.438. The third-order valence-corrected chi connectivity index (χ3v) is 3.48. The Morgan fingerprint density at radius 1 is 1.07 bits per heavy atom. The number of nitrogens with one attached hydrogen (secondary N) is 1. The van der Waals surface area contributed by atoms with Crippen molar-refractivity contribution in [3.8, 4) is 0 Å². The minimum absolute atomic E-state index is 0.112. The van der Waals surface area contributed by atoms with Crippen LogP contribution in [0, 0.1) is 5.92 Å². The van der Waals surface area contributed by atoms with Crippen LogP contribution in [-0.4, -0.2) is 25.2 Å². The Labute approximate surface area is 91.6 Å². The lowest BCUT2D eigenvalue weighted by atomic mass is 9.94. The highest BCUT2D eigenvalue weighted by Crippen LogP contribution is 2.19. The van der Waals surface area contributed by atoms with Gasteiger partial charge in [-0.15, -0.1) is 0 Å². The van der Waals surface area contributed by atoms with Gasteiger partial charge in [-0.3, -0.25) is 4.79 Å². The largest absolute Gasteiger partial charge is 0.381 e. The smallest absolute Gasteiger partial charge is 0.225 e. The molecule has 1 N–H and O–H groups in total. The molecule has 0 bridgehead atoms. The molecule has 1 heterocycles. The quantitative estimate of drug-likeness (QED) is 0.757. The van der Waals surface area contributed by atoms with Crippen molar-refractivity contribution < 1.29 is 9.53 Å². The van der Waals surface area contributed by atoms with Gasteiger partial charge in [0.25, 0.3) is 0 Å². The van der Waals surface area contributed by atoms with E-state index in [0.717, 1.165) is 19.4 Å². The van der Waals surface area contributed by atoms with E-state index < -0.39 is 0 Å². The monoisotopic (exact) mass is 211 g/mol. The fourth-order valence-corrected chi connectivity index (χ4v) is 2.51. The molecule has 0 aromatic heterocycles. The molecular weight excluding hydrogens is 190 g/mol. The fraction of sp³-hybridized carbons (Fsp3) is 0.917. The Kier molecular flexibility index (Phi) is 4.01. The fourth-order valence-electron chi connectivity index (χ4n) is 2.51. The van der Waals surface area contributed by atoms with E-state index in [2.05, 4.69) is 5.32 Å². The second kappa shape index (κ2) is 5.50. The molecule has 15 heavy (non-hydrogen) atoms. The van der Waals surface area contributed by atoms with Gasteiger partial charge in [-0.1, -0.05) is 19.3 Å². The standard InChI is InChI=1S/C12H21NO2/c14-12(10-5-4-8-15-9-10)13-11-6-2-1-3-7-11/h10-11H,1-9H2,(H,13,14)/t10-/m1/s1. The van der Waals surface area contributed by atoms with Crippen LogP contribution in [0.5, 0.6) is 0 Å². The number of ether oxygens (including phenoxy) is 1. The molecule has 3 heteroatoms. The maximum atomic E-state index is 11.9. The van der Waals surface area contributed by atoms with Crippen LogP contribution in [0.15, 0.2) is 0 Å². The molecule has 1 atom stereocenters. The van der Waals surface area contributed by atoms with Gasteiger partial charge >= 0.3 is 0 Å². The SMILES string of the molecule is O=C(NC1CCCCC1)[C@@H]1CCCOC1.